The Kier molecular flexibility index (Phi) is 5.05. The third-order valence-electron chi connectivity index (χ3n) is 2.90. The third kappa shape index (κ3) is 3.75. The number of nitrogens with two attached hydrogens (primary N) is 1. The zero-order valence-electron chi connectivity index (χ0n) is 11.5. The number of thiazole rings is 1. The number of aromatic nitrogens is 1. The first-order valence-electron chi connectivity index (χ1n) is 6.12. The number of ether oxygens (including phenoxy) is 1. The van der Waals surface area contributed by atoms with Crippen LogP contribution >= 0.6 is 23.6 Å². The van der Waals surface area contributed by atoms with Crippen molar-refractivity contribution >= 4 is 28.5 Å². The third-order valence-corrected chi connectivity index (χ3v) is 3.75. The van der Waals surface area contributed by atoms with Gasteiger partial charge in [0.05, 0.1) is 23.9 Å². The second-order valence-electron chi connectivity index (χ2n) is 4.55. The van der Waals surface area contributed by atoms with Crippen LogP contribution in [0.2, 0.25) is 0 Å². The summed E-state index contributed by atoms with van der Waals surface area (Å²) in [6.45, 7) is 1.63. The van der Waals surface area contributed by atoms with E-state index in [4.69, 9.17) is 22.7 Å². The first-order valence-corrected chi connectivity index (χ1v) is 7.47. The van der Waals surface area contributed by atoms with E-state index in [0.717, 1.165) is 35.7 Å². The van der Waals surface area contributed by atoms with Crippen molar-refractivity contribution in [3.63, 3.8) is 0 Å². The fraction of sp³-hybridized carbons (Fsp3) is 0.286. The first-order chi connectivity index (χ1) is 9.60. The predicted molar refractivity (Wildman–Crippen MR) is 86.2 cm³/mol. The van der Waals surface area contributed by atoms with Gasteiger partial charge in [-0.15, -0.1) is 11.3 Å². The molecule has 1 aromatic heterocycles. The van der Waals surface area contributed by atoms with E-state index in [0.29, 0.717) is 4.99 Å². The molecule has 2 rings (SSSR count). The van der Waals surface area contributed by atoms with Crippen LogP contribution in [0.1, 0.15) is 16.8 Å². The molecule has 0 fully saturated rings. The maximum atomic E-state index is 5.67. The lowest BCUT2D eigenvalue weighted by Gasteiger charge is -2.16. The predicted octanol–water partition coefficient (Wildman–Crippen LogP) is 2.42. The topological polar surface area (TPSA) is 51.4 Å². The average Bonchev–Trinajstić information content (AvgIpc) is 2.90. The summed E-state index contributed by atoms with van der Waals surface area (Å²) in [5.74, 6) is 0.719. The Morgan fingerprint density at radius 1 is 1.45 bits per heavy atom. The molecule has 0 atom stereocenters. The molecule has 2 aromatic rings. The Hall–Kier alpha value is -1.50. The second kappa shape index (κ2) is 6.78. The van der Waals surface area contributed by atoms with Gasteiger partial charge < -0.3 is 10.5 Å². The number of hydrogen-bond acceptors (Lipinski definition) is 5. The highest BCUT2D eigenvalue weighted by Gasteiger charge is 2.09. The molecular formula is C14H17N3OS2. The van der Waals surface area contributed by atoms with Gasteiger partial charge >= 0.3 is 0 Å². The Bertz CT molecular complexity index is 584. The van der Waals surface area contributed by atoms with E-state index in [-0.39, 0.29) is 0 Å². The summed E-state index contributed by atoms with van der Waals surface area (Å²) in [5.41, 5.74) is 10.5. The van der Waals surface area contributed by atoms with Crippen LogP contribution in [0.4, 0.5) is 0 Å². The van der Waals surface area contributed by atoms with Crippen molar-refractivity contribution in [1.29, 1.82) is 0 Å². The van der Waals surface area contributed by atoms with Crippen LogP contribution in [0, 0.1) is 0 Å². The summed E-state index contributed by atoms with van der Waals surface area (Å²) in [6.07, 6.45) is 0. The molecule has 20 heavy (non-hydrogen) atoms. The fourth-order valence-electron chi connectivity index (χ4n) is 2.00. The Balaban J connectivity index is 2.07. The molecule has 0 amide bonds. The largest absolute Gasteiger partial charge is 0.496 e. The summed E-state index contributed by atoms with van der Waals surface area (Å²) in [5, 5.41) is 2.06. The SMILES string of the molecule is COc1cc(CN(C)Cc2cscn2)ccc1C(N)=S. The van der Waals surface area contributed by atoms with Crippen molar-refractivity contribution in [2.24, 2.45) is 5.73 Å². The molecule has 0 spiro atoms. The maximum Gasteiger partial charge on any atom is 0.129 e. The highest BCUT2D eigenvalue weighted by Crippen LogP contribution is 2.21. The van der Waals surface area contributed by atoms with Crippen LogP contribution in [0.25, 0.3) is 0 Å². The lowest BCUT2D eigenvalue weighted by molar-refractivity contribution is 0.315. The van der Waals surface area contributed by atoms with E-state index in [2.05, 4.69) is 22.3 Å². The van der Waals surface area contributed by atoms with Gasteiger partial charge in [0.2, 0.25) is 0 Å². The summed E-state index contributed by atoms with van der Waals surface area (Å²) in [4.78, 5) is 6.84. The molecule has 1 aromatic carbocycles. The zero-order valence-corrected chi connectivity index (χ0v) is 13.1. The zero-order chi connectivity index (χ0) is 14.5. The van der Waals surface area contributed by atoms with Gasteiger partial charge in [-0.1, -0.05) is 18.3 Å². The van der Waals surface area contributed by atoms with Gasteiger partial charge in [-0.25, -0.2) is 4.98 Å². The molecule has 4 nitrogen and oxygen atoms in total. The van der Waals surface area contributed by atoms with E-state index >= 15 is 0 Å². The molecule has 2 N–H and O–H groups in total. The summed E-state index contributed by atoms with van der Waals surface area (Å²) in [7, 11) is 3.69. The lowest BCUT2D eigenvalue weighted by Crippen LogP contribution is -2.18. The van der Waals surface area contributed by atoms with Crippen molar-refractivity contribution in [2.75, 3.05) is 14.2 Å². The molecular weight excluding hydrogens is 290 g/mol. The van der Waals surface area contributed by atoms with Crippen LogP contribution in [-0.4, -0.2) is 29.0 Å². The number of methoxy groups -OCH3 is 1. The molecule has 0 aliphatic rings. The van der Waals surface area contributed by atoms with Crippen molar-refractivity contribution < 1.29 is 4.74 Å². The van der Waals surface area contributed by atoms with Crippen LogP contribution in [0.5, 0.6) is 5.75 Å². The van der Waals surface area contributed by atoms with Crippen molar-refractivity contribution in [1.82, 2.24) is 9.88 Å². The molecule has 0 aliphatic heterocycles. The minimum atomic E-state index is 0.351. The normalized spacial score (nSPS) is 10.8. The van der Waals surface area contributed by atoms with Crippen molar-refractivity contribution in [3.05, 3.63) is 45.9 Å². The van der Waals surface area contributed by atoms with Crippen LogP contribution in [-0.2, 0) is 13.1 Å². The summed E-state index contributed by atoms with van der Waals surface area (Å²) in [6, 6.07) is 5.91. The van der Waals surface area contributed by atoms with Gasteiger partial charge in [-0.3, -0.25) is 4.90 Å². The molecule has 0 aliphatic carbocycles. The van der Waals surface area contributed by atoms with E-state index in [1.54, 1.807) is 18.4 Å². The van der Waals surface area contributed by atoms with Crippen LogP contribution in [0.15, 0.2) is 29.1 Å². The minimum absolute atomic E-state index is 0.351. The molecule has 6 heteroatoms. The minimum Gasteiger partial charge on any atom is -0.496 e. The van der Waals surface area contributed by atoms with Gasteiger partial charge in [0, 0.05) is 18.5 Å². The fourth-order valence-corrected chi connectivity index (χ4v) is 2.72. The Labute approximate surface area is 128 Å². The van der Waals surface area contributed by atoms with Crippen molar-refractivity contribution in [3.8, 4) is 5.75 Å². The first kappa shape index (κ1) is 14.9. The number of nitrogens with zero attached hydrogens (tertiary/aromatic N) is 2. The number of thiocarbonyl (C=S) groups is 1. The Morgan fingerprint density at radius 2 is 2.25 bits per heavy atom. The number of benzene rings is 1. The molecule has 1 heterocycles. The smallest absolute Gasteiger partial charge is 0.129 e. The monoisotopic (exact) mass is 307 g/mol. The van der Waals surface area contributed by atoms with Crippen LogP contribution < -0.4 is 10.5 Å². The summed E-state index contributed by atoms with van der Waals surface area (Å²) >= 11 is 6.62. The maximum absolute atomic E-state index is 5.67. The lowest BCUT2D eigenvalue weighted by atomic mass is 10.1. The highest BCUT2D eigenvalue weighted by molar-refractivity contribution is 7.80. The standard InChI is InChI=1S/C14H17N3OS2/c1-17(7-11-8-20-9-16-11)6-10-3-4-12(14(15)19)13(5-10)18-2/h3-5,8-9H,6-7H2,1-2H3,(H2,15,19). The van der Waals surface area contributed by atoms with Gasteiger partial charge in [0.15, 0.2) is 0 Å². The van der Waals surface area contributed by atoms with Gasteiger partial charge in [0.1, 0.15) is 10.7 Å². The Morgan fingerprint density at radius 3 is 2.85 bits per heavy atom. The number of hydrogen-bond donors (Lipinski definition) is 1. The highest BCUT2D eigenvalue weighted by atomic mass is 32.1. The van der Waals surface area contributed by atoms with E-state index in [9.17, 15) is 0 Å². The van der Waals surface area contributed by atoms with Gasteiger partial charge in [0.25, 0.3) is 0 Å². The second-order valence-corrected chi connectivity index (χ2v) is 5.71. The van der Waals surface area contributed by atoms with Gasteiger partial charge in [-0.2, -0.15) is 0 Å². The molecule has 0 saturated carbocycles. The quantitative estimate of drug-likeness (QED) is 0.831. The molecule has 0 unspecified atom stereocenters. The average molecular weight is 307 g/mol. The number of rotatable bonds is 6. The van der Waals surface area contributed by atoms with E-state index < -0.39 is 0 Å². The summed E-state index contributed by atoms with van der Waals surface area (Å²) < 4.78 is 5.34. The van der Waals surface area contributed by atoms with E-state index in [1.807, 2.05) is 23.7 Å². The van der Waals surface area contributed by atoms with E-state index in [1.165, 1.54) is 0 Å². The molecule has 106 valence electrons. The molecule has 0 saturated heterocycles. The van der Waals surface area contributed by atoms with Crippen molar-refractivity contribution in [2.45, 2.75) is 13.1 Å². The molecule has 0 radical (unpaired) electrons. The van der Waals surface area contributed by atoms with Crippen LogP contribution in [0.3, 0.4) is 0 Å². The molecule has 0 bridgehead atoms. The van der Waals surface area contributed by atoms with Gasteiger partial charge in [-0.05, 0) is 24.7 Å².